The summed E-state index contributed by atoms with van der Waals surface area (Å²) >= 11 is 0. The first-order valence-electron chi connectivity index (χ1n) is 8.17. The zero-order valence-electron chi connectivity index (χ0n) is 13.9. The van der Waals surface area contributed by atoms with Crippen molar-refractivity contribution in [2.75, 3.05) is 13.1 Å². The third-order valence-electron chi connectivity index (χ3n) is 4.27. The molecule has 2 unspecified atom stereocenters. The Morgan fingerprint density at radius 2 is 1.74 bits per heavy atom. The summed E-state index contributed by atoms with van der Waals surface area (Å²) in [7, 11) is 0. The van der Waals surface area contributed by atoms with E-state index >= 15 is 0 Å². The van der Waals surface area contributed by atoms with Crippen molar-refractivity contribution in [1.82, 2.24) is 4.90 Å². The Balaban J connectivity index is 4.12. The van der Waals surface area contributed by atoms with Crippen LogP contribution in [0.2, 0.25) is 0 Å². The van der Waals surface area contributed by atoms with Gasteiger partial charge in [0, 0.05) is 18.8 Å². The Kier molecular flexibility index (Phi) is 10.7. The summed E-state index contributed by atoms with van der Waals surface area (Å²) in [6.45, 7) is 17.9. The molecule has 0 rings (SSSR count). The topological polar surface area (TPSA) is 3.24 Å². The molecule has 0 aliphatic carbocycles. The fourth-order valence-corrected chi connectivity index (χ4v) is 2.26. The van der Waals surface area contributed by atoms with E-state index < -0.39 is 0 Å². The summed E-state index contributed by atoms with van der Waals surface area (Å²) in [4.78, 5) is 2.45. The average Bonchev–Trinajstić information content (AvgIpc) is 2.44. The largest absolute Gasteiger partial charge is 0.375 e. The van der Waals surface area contributed by atoms with Crippen molar-refractivity contribution >= 4 is 0 Å². The predicted molar refractivity (Wildman–Crippen MR) is 88.3 cm³/mol. The van der Waals surface area contributed by atoms with Crippen molar-refractivity contribution in [1.29, 1.82) is 0 Å². The minimum atomic E-state index is 0.592. The Morgan fingerprint density at radius 3 is 2.26 bits per heavy atom. The summed E-state index contributed by atoms with van der Waals surface area (Å²) in [5.74, 6) is 1.32. The van der Waals surface area contributed by atoms with Crippen LogP contribution in [0.3, 0.4) is 0 Å². The SMILES string of the molecule is C=C(C(C)C(C)CC)N(CC)CC/C=C/CCCC. The van der Waals surface area contributed by atoms with Crippen LogP contribution >= 0.6 is 0 Å². The van der Waals surface area contributed by atoms with E-state index in [-0.39, 0.29) is 0 Å². The molecule has 0 N–H and O–H groups in total. The molecular formula is C18H35N. The Hall–Kier alpha value is -0.720. The van der Waals surface area contributed by atoms with Crippen molar-refractivity contribution in [3.63, 3.8) is 0 Å². The first kappa shape index (κ1) is 18.3. The molecule has 0 radical (unpaired) electrons. The van der Waals surface area contributed by atoms with E-state index in [4.69, 9.17) is 0 Å². The summed E-state index contributed by atoms with van der Waals surface area (Å²) in [5.41, 5.74) is 1.32. The molecule has 1 heteroatoms. The molecule has 0 bridgehead atoms. The highest BCUT2D eigenvalue weighted by Gasteiger charge is 2.17. The fraction of sp³-hybridized carbons (Fsp3) is 0.778. The summed E-state index contributed by atoms with van der Waals surface area (Å²) in [5, 5.41) is 0. The van der Waals surface area contributed by atoms with Crippen LogP contribution in [-0.2, 0) is 0 Å². The molecule has 0 spiro atoms. The zero-order valence-corrected chi connectivity index (χ0v) is 13.9. The molecule has 19 heavy (non-hydrogen) atoms. The molecule has 0 saturated heterocycles. The van der Waals surface area contributed by atoms with E-state index in [0.717, 1.165) is 25.4 Å². The predicted octanol–water partition coefficient (Wildman–Crippen LogP) is 5.64. The van der Waals surface area contributed by atoms with Crippen molar-refractivity contribution in [3.05, 3.63) is 24.4 Å². The van der Waals surface area contributed by atoms with Gasteiger partial charge in [-0.3, -0.25) is 0 Å². The van der Waals surface area contributed by atoms with Gasteiger partial charge in [0.25, 0.3) is 0 Å². The number of rotatable bonds is 11. The number of unbranched alkanes of at least 4 members (excludes halogenated alkanes) is 2. The lowest BCUT2D eigenvalue weighted by molar-refractivity contribution is 0.286. The molecule has 0 aliphatic heterocycles. The number of hydrogen-bond donors (Lipinski definition) is 0. The van der Waals surface area contributed by atoms with E-state index in [0.29, 0.717) is 5.92 Å². The molecule has 0 aromatic heterocycles. The molecule has 0 aromatic rings. The van der Waals surface area contributed by atoms with Gasteiger partial charge in [-0.2, -0.15) is 0 Å². The zero-order chi connectivity index (χ0) is 14.7. The van der Waals surface area contributed by atoms with Gasteiger partial charge < -0.3 is 4.90 Å². The van der Waals surface area contributed by atoms with Gasteiger partial charge in [-0.15, -0.1) is 0 Å². The van der Waals surface area contributed by atoms with Gasteiger partial charge >= 0.3 is 0 Å². The lowest BCUT2D eigenvalue weighted by atomic mass is 9.90. The van der Waals surface area contributed by atoms with E-state index in [1.54, 1.807) is 0 Å². The average molecular weight is 265 g/mol. The second kappa shape index (κ2) is 11.1. The van der Waals surface area contributed by atoms with Crippen molar-refractivity contribution in [2.45, 2.75) is 66.7 Å². The van der Waals surface area contributed by atoms with Crippen LogP contribution in [0.4, 0.5) is 0 Å². The number of nitrogens with zero attached hydrogens (tertiary/aromatic N) is 1. The van der Waals surface area contributed by atoms with E-state index in [9.17, 15) is 0 Å². The third-order valence-corrected chi connectivity index (χ3v) is 4.27. The monoisotopic (exact) mass is 265 g/mol. The van der Waals surface area contributed by atoms with Crippen LogP contribution in [0, 0.1) is 11.8 Å². The normalized spacial score (nSPS) is 14.6. The molecule has 1 nitrogen and oxygen atoms in total. The highest BCUT2D eigenvalue weighted by Crippen LogP contribution is 2.24. The van der Waals surface area contributed by atoms with Gasteiger partial charge in [-0.05, 0) is 31.6 Å². The quantitative estimate of drug-likeness (QED) is 0.345. The molecular weight excluding hydrogens is 230 g/mol. The minimum Gasteiger partial charge on any atom is -0.375 e. The molecule has 0 heterocycles. The van der Waals surface area contributed by atoms with Crippen LogP contribution < -0.4 is 0 Å². The van der Waals surface area contributed by atoms with Gasteiger partial charge in [0.2, 0.25) is 0 Å². The van der Waals surface area contributed by atoms with Crippen molar-refractivity contribution < 1.29 is 0 Å². The maximum atomic E-state index is 4.32. The lowest BCUT2D eigenvalue weighted by Crippen LogP contribution is -2.28. The lowest BCUT2D eigenvalue weighted by Gasteiger charge is -2.31. The van der Waals surface area contributed by atoms with Crippen LogP contribution in [0.1, 0.15) is 66.7 Å². The molecule has 112 valence electrons. The highest BCUT2D eigenvalue weighted by molar-refractivity contribution is 5.00. The van der Waals surface area contributed by atoms with Gasteiger partial charge in [-0.1, -0.05) is 65.7 Å². The number of hydrogen-bond acceptors (Lipinski definition) is 1. The number of allylic oxidation sites excluding steroid dienone is 2. The maximum absolute atomic E-state index is 4.32. The Labute approximate surface area is 121 Å². The van der Waals surface area contributed by atoms with Crippen molar-refractivity contribution in [3.8, 4) is 0 Å². The smallest absolute Gasteiger partial charge is 0.0209 e. The van der Waals surface area contributed by atoms with E-state index in [1.165, 1.54) is 31.4 Å². The maximum Gasteiger partial charge on any atom is 0.0209 e. The first-order valence-corrected chi connectivity index (χ1v) is 8.17. The fourth-order valence-electron chi connectivity index (χ4n) is 2.26. The van der Waals surface area contributed by atoms with Gasteiger partial charge in [0.05, 0.1) is 0 Å². The van der Waals surface area contributed by atoms with Crippen LogP contribution in [-0.4, -0.2) is 18.0 Å². The highest BCUT2D eigenvalue weighted by atomic mass is 15.1. The molecule has 0 saturated carbocycles. The van der Waals surface area contributed by atoms with Crippen LogP contribution in [0.15, 0.2) is 24.4 Å². The van der Waals surface area contributed by atoms with Crippen LogP contribution in [0.25, 0.3) is 0 Å². The molecule has 0 aromatic carbocycles. The van der Waals surface area contributed by atoms with Gasteiger partial charge in [-0.25, -0.2) is 0 Å². The summed E-state index contributed by atoms with van der Waals surface area (Å²) in [6.07, 6.45) is 10.9. The van der Waals surface area contributed by atoms with Crippen molar-refractivity contribution in [2.24, 2.45) is 11.8 Å². The van der Waals surface area contributed by atoms with Gasteiger partial charge in [0.15, 0.2) is 0 Å². The minimum absolute atomic E-state index is 0.592. The molecule has 0 amide bonds. The van der Waals surface area contributed by atoms with Crippen LogP contribution in [0.5, 0.6) is 0 Å². The third kappa shape index (κ3) is 7.44. The second-order valence-corrected chi connectivity index (χ2v) is 5.65. The Morgan fingerprint density at radius 1 is 1.11 bits per heavy atom. The molecule has 2 atom stereocenters. The molecule has 0 fully saturated rings. The van der Waals surface area contributed by atoms with E-state index in [2.05, 4.69) is 58.2 Å². The summed E-state index contributed by atoms with van der Waals surface area (Å²) < 4.78 is 0. The second-order valence-electron chi connectivity index (χ2n) is 5.65. The van der Waals surface area contributed by atoms with Gasteiger partial charge in [0.1, 0.15) is 0 Å². The molecule has 0 aliphatic rings. The van der Waals surface area contributed by atoms with E-state index in [1.807, 2.05) is 0 Å². The summed E-state index contributed by atoms with van der Waals surface area (Å²) in [6, 6.07) is 0. The standard InChI is InChI=1S/C18H35N/c1-7-10-11-12-13-14-15-19(9-3)18(6)17(5)16(4)8-2/h12-13,16-17H,6-11,14-15H2,1-5H3/b13-12+. The first-order chi connectivity index (χ1) is 9.08. The Bertz CT molecular complexity index is 254.